The largest absolute Gasteiger partial charge is 0.377 e. The van der Waals surface area contributed by atoms with Gasteiger partial charge in [-0.05, 0) is 68.7 Å². The van der Waals surface area contributed by atoms with E-state index in [9.17, 15) is 4.79 Å². The monoisotopic (exact) mass is 522 g/mol. The molecule has 1 aliphatic heterocycles. The Morgan fingerprint density at radius 3 is 2.49 bits per heavy atom. The third kappa shape index (κ3) is 5.96. The number of nitrogens with zero attached hydrogens (tertiary/aromatic N) is 4. The molecule has 37 heavy (non-hydrogen) atoms. The lowest BCUT2D eigenvalue weighted by atomic mass is 9.81. The zero-order valence-electron chi connectivity index (χ0n) is 21.7. The van der Waals surface area contributed by atoms with Gasteiger partial charge in [0.2, 0.25) is 11.9 Å². The molecule has 5 rings (SSSR count). The first-order chi connectivity index (χ1) is 17.9. The first kappa shape index (κ1) is 25.7. The van der Waals surface area contributed by atoms with Crippen molar-refractivity contribution in [2.75, 3.05) is 30.5 Å². The van der Waals surface area contributed by atoms with E-state index in [2.05, 4.69) is 51.6 Å². The minimum absolute atomic E-state index is 0.0196. The maximum atomic E-state index is 12.1. The van der Waals surface area contributed by atoms with Crippen molar-refractivity contribution >= 4 is 40.2 Å². The normalized spacial score (nSPS) is 20.8. The van der Waals surface area contributed by atoms with Gasteiger partial charge in [-0.25, -0.2) is 15.0 Å². The Labute approximate surface area is 223 Å². The van der Waals surface area contributed by atoms with Crippen LogP contribution in [0.1, 0.15) is 43.7 Å². The number of hydrogen-bond acceptors (Lipinski definition) is 7. The van der Waals surface area contributed by atoms with Gasteiger partial charge in [0.15, 0.2) is 0 Å². The van der Waals surface area contributed by atoms with Crippen LogP contribution < -0.4 is 15.5 Å². The standard InChI is InChI=1S/C28H35ClN6O2/c1-17-4-5-21-8-11-24(34-27(21)26(17)29)32-22-9-6-20(7-10-22)18(2)35(3)28-30-13-19(14-31-28)12-25(36)33-23-15-37-16-23/h4-5,8,11,13-14,18,20,22-23H,6-7,9-10,12,15-16H2,1-3H3,(H,32,34)(H,33,36)/t18-,20?,22?/m0/s1. The predicted octanol–water partition coefficient (Wildman–Crippen LogP) is 4.54. The predicted molar refractivity (Wildman–Crippen MR) is 147 cm³/mol. The summed E-state index contributed by atoms with van der Waals surface area (Å²) >= 11 is 6.50. The third-order valence-electron chi connectivity index (χ3n) is 7.79. The summed E-state index contributed by atoms with van der Waals surface area (Å²) in [6, 6.07) is 9.07. The van der Waals surface area contributed by atoms with Crippen LogP contribution in [0.15, 0.2) is 36.7 Å². The first-order valence-corrected chi connectivity index (χ1v) is 13.5. The van der Waals surface area contributed by atoms with Crippen LogP contribution in [-0.4, -0.2) is 59.2 Å². The van der Waals surface area contributed by atoms with Crippen molar-refractivity contribution in [1.29, 1.82) is 0 Å². The second-order valence-electron chi connectivity index (χ2n) is 10.4. The summed E-state index contributed by atoms with van der Waals surface area (Å²) in [6.45, 7) is 5.45. The van der Waals surface area contributed by atoms with E-state index < -0.39 is 0 Å². The van der Waals surface area contributed by atoms with Crippen LogP contribution in [0, 0.1) is 12.8 Å². The fourth-order valence-electron chi connectivity index (χ4n) is 5.19. The van der Waals surface area contributed by atoms with Crippen LogP contribution in [0.25, 0.3) is 10.9 Å². The molecule has 2 fully saturated rings. The Morgan fingerprint density at radius 2 is 1.81 bits per heavy atom. The Hall–Kier alpha value is -2.97. The third-order valence-corrected chi connectivity index (χ3v) is 8.26. The van der Waals surface area contributed by atoms with Gasteiger partial charge in [0.1, 0.15) is 5.82 Å². The molecule has 2 aliphatic rings. The van der Waals surface area contributed by atoms with Gasteiger partial charge < -0.3 is 20.3 Å². The summed E-state index contributed by atoms with van der Waals surface area (Å²) in [5, 5.41) is 8.37. The van der Waals surface area contributed by atoms with Crippen LogP contribution in [0.5, 0.6) is 0 Å². The maximum Gasteiger partial charge on any atom is 0.225 e. The molecule has 8 nitrogen and oxygen atoms in total. The summed E-state index contributed by atoms with van der Waals surface area (Å²) in [6.07, 6.45) is 8.22. The second kappa shape index (κ2) is 11.2. The lowest BCUT2D eigenvalue weighted by molar-refractivity contribution is -0.124. The number of benzene rings is 1. The minimum atomic E-state index is -0.0196. The average Bonchev–Trinajstić information content (AvgIpc) is 2.89. The number of nitrogens with one attached hydrogen (secondary N) is 2. The Balaban J connectivity index is 1.12. The molecule has 1 saturated carbocycles. The van der Waals surface area contributed by atoms with Crippen LogP contribution in [0.4, 0.5) is 11.8 Å². The lowest BCUT2D eigenvalue weighted by Gasteiger charge is -2.37. The molecule has 1 amide bonds. The van der Waals surface area contributed by atoms with Crippen molar-refractivity contribution in [3.8, 4) is 0 Å². The van der Waals surface area contributed by atoms with Gasteiger partial charge in [0, 0.05) is 36.9 Å². The Kier molecular flexibility index (Phi) is 7.76. The zero-order valence-corrected chi connectivity index (χ0v) is 22.5. The number of carbonyl (C=O) groups is 1. The number of aromatic nitrogens is 3. The number of fused-ring (bicyclic) bond motifs is 1. The van der Waals surface area contributed by atoms with Gasteiger partial charge in [0.25, 0.3) is 0 Å². The number of halogens is 1. The minimum Gasteiger partial charge on any atom is -0.377 e. The molecule has 1 atom stereocenters. The Bertz CT molecular complexity index is 1240. The maximum absolute atomic E-state index is 12.1. The van der Waals surface area contributed by atoms with Crippen LogP contribution in [0.2, 0.25) is 5.02 Å². The number of ether oxygens (including phenoxy) is 1. The van der Waals surface area contributed by atoms with E-state index in [4.69, 9.17) is 21.3 Å². The highest BCUT2D eigenvalue weighted by atomic mass is 35.5. The molecule has 3 aromatic rings. The SMILES string of the molecule is Cc1ccc2ccc(NC3CCC([C@H](C)N(C)c4ncc(CC(=O)NC5COC5)cn4)CC3)nc2c1Cl. The fourth-order valence-corrected chi connectivity index (χ4v) is 5.41. The van der Waals surface area contributed by atoms with Gasteiger partial charge in [-0.3, -0.25) is 4.79 Å². The second-order valence-corrected chi connectivity index (χ2v) is 10.8. The van der Waals surface area contributed by atoms with Crippen LogP contribution >= 0.6 is 11.6 Å². The molecule has 9 heteroatoms. The average molecular weight is 523 g/mol. The van der Waals surface area contributed by atoms with E-state index in [1.807, 2.05) is 19.1 Å². The molecule has 0 bridgehead atoms. The molecule has 2 aromatic heterocycles. The summed E-state index contributed by atoms with van der Waals surface area (Å²) in [5.74, 6) is 2.12. The number of rotatable bonds is 8. The van der Waals surface area contributed by atoms with E-state index in [1.165, 1.54) is 0 Å². The van der Waals surface area contributed by atoms with E-state index in [0.29, 0.717) is 37.2 Å². The van der Waals surface area contributed by atoms with E-state index in [0.717, 1.165) is 58.6 Å². The Morgan fingerprint density at radius 1 is 1.11 bits per heavy atom. The number of carbonyl (C=O) groups excluding carboxylic acids is 1. The molecule has 0 radical (unpaired) electrons. The highest BCUT2D eigenvalue weighted by Gasteiger charge is 2.28. The molecule has 3 heterocycles. The summed E-state index contributed by atoms with van der Waals surface area (Å²) in [5.41, 5.74) is 2.71. The molecule has 1 saturated heterocycles. The van der Waals surface area contributed by atoms with E-state index in [-0.39, 0.29) is 18.4 Å². The van der Waals surface area contributed by atoms with Crippen LogP contribution in [0.3, 0.4) is 0 Å². The highest BCUT2D eigenvalue weighted by molar-refractivity contribution is 6.35. The number of pyridine rings is 1. The van der Waals surface area contributed by atoms with Crippen molar-refractivity contribution in [2.45, 2.75) is 64.1 Å². The first-order valence-electron chi connectivity index (χ1n) is 13.1. The van der Waals surface area contributed by atoms with Crippen LogP contribution in [-0.2, 0) is 16.0 Å². The number of amides is 1. The highest BCUT2D eigenvalue weighted by Crippen LogP contribution is 2.32. The molecule has 0 unspecified atom stereocenters. The van der Waals surface area contributed by atoms with Gasteiger partial charge in [0.05, 0.1) is 36.2 Å². The van der Waals surface area contributed by atoms with Crippen molar-refractivity contribution in [3.05, 3.63) is 52.8 Å². The van der Waals surface area contributed by atoms with Gasteiger partial charge in [-0.2, -0.15) is 0 Å². The summed E-state index contributed by atoms with van der Waals surface area (Å²) < 4.78 is 5.10. The van der Waals surface area contributed by atoms with Gasteiger partial charge in [-0.15, -0.1) is 0 Å². The lowest BCUT2D eigenvalue weighted by Crippen LogP contribution is -2.49. The molecule has 0 spiro atoms. The molecule has 1 aromatic carbocycles. The van der Waals surface area contributed by atoms with Crippen molar-refractivity contribution < 1.29 is 9.53 Å². The van der Waals surface area contributed by atoms with Crippen molar-refractivity contribution in [1.82, 2.24) is 20.3 Å². The zero-order chi connectivity index (χ0) is 25.9. The van der Waals surface area contributed by atoms with Gasteiger partial charge >= 0.3 is 0 Å². The molecule has 1 aliphatic carbocycles. The van der Waals surface area contributed by atoms with E-state index >= 15 is 0 Å². The smallest absolute Gasteiger partial charge is 0.225 e. The van der Waals surface area contributed by atoms with Crippen molar-refractivity contribution in [2.24, 2.45) is 5.92 Å². The summed E-state index contributed by atoms with van der Waals surface area (Å²) in [4.78, 5) is 28.2. The molecular weight excluding hydrogens is 488 g/mol. The topological polar surface area (TPSA) is 92.3 Å². The van der Waals surface area contributed by atoms with E-state index in [1.54, 1.807) is 12.4 Å². The van der Waals surface area contributed by atoms with Gasteiger partial charge in [-0.1, -0.05) is 23.7 Å². The molecule has 196 valence electrons. The number of hydrogen-bond donors (Lipinski definition) is 2. The quantitative estimate of drug-likeness (QED) is 0.448. The number of aryl methyl sites for hydroxylation is 1. The van der Waals surface area contributed by atoms with Crippen molar-refractivity contribution in [3.63, 3.8) is 0 Å². The summed E-state index contributed by atoms with van der Waals surface area (Å²) in [7, 11) is 2.05. The fraction of sp³-hybridized carbons (Fsp3) is 0.500. The number of anilines is 2. The molecular formula is C28H35ClN6O2. The molecule has 2 N–H and O–H groups in total.